The van der Waals surface area contributed by atoms with Crippen LogP contribution < -0.4 is 5.48 Å². The molecule has 15 heavy (non-hydrogen) atoms. The fourth-order valence-electron chi connectivity index (χ4n) is 1.17. The number of carbonyl (C=O) groups is 1. The van der Waals surface area contributed by atoms with Gasteiger partial charge in [0.25, 0.3) is 0 Å². The summed E-state index contributed by atoms with van der Waals surface area (Å²) < 4.78 is 13.1. The Morgan fingerprint density at radius 2 is 2.27 bits per heavy atom. The maximum absolute atomic E-state index is 13.1. The van der Waals surface area contributed by atoms with Gasteiger partial charge in [-0.3, -0.25) is 0 Å². The molecule has 0 bridgehead atoms. The number of nitrogens with one attached hydrogen (secondary N) is 1. The zero-order chi connectivity index (χ0) is 11.4. The molecule has 0 radical (unpaired) electrons. The van der Waals surface area contributed by atoms with Gasteiger partial charge in [-0.2, -0.15) is 5.48 Å². The van der Waals surface area contributed by atoms with Crippen molar-refractivity contribution in [2.24, 2.45) is 0 Å². The molecule has 1 atom stereocenters. The first kappa shape index (κ1) is 11.9. The molecule has 1 aromatic carbocycles. The lowest BCUT2D eigenvalue weighted by atomic mass is 10.0. The molecule has 3 nitrogen and oxygen atoms in total. The first-order valence-electron chi connectivity index (χ1n) is 4.39. The summed E-state index contributed by atoms with van der Waals surface area (Å²) in [4.78, 5) is 15.9. The van der Waals surface area contributed by atoms with Gasteiger partial charge in [0, 0.05) is 7.05 Å². The molecule has 0 aliphatic carbocycles. The monoisotopic (exact) mass is 231 g/mol. The van der Waals surface area contributed by atoms with E-state index in [1.165, 1.54) is 19.2 Å². The normalized spacial score (nSPS) is 12.3. The molecule has 1 aromatic rings. The lowest BCUT2D eigenvalue weighted by molar-refractivity contribution is -0.151. The van der Waals surface area contributed by atoms with Crippen LogP contribution in [0.1, 0.15) is 18.4 Å². The number of rotatable bonds is 3. The van der Waals surface area contributed by atoms with Crippen molar-refractivity contribution in [3.63, 3.8) is 0 Å². The van der Waals surface area contributed by atoms with E-state index in [-0.39, 0.29) is 5.02 Å². The molecule has 5 heteroatoms. The number of hydrogen-bond acceptors (Lipinski definition) is 3. The van der Waals surface area contributed by atoms with Gasteiger partial charge in [0.05, 0.1) is 10.9 Å². The highest BCUT2D eigenvalue weighted by atomic mass is 35.5. The third-order valence-corrected chi connectivity index (χ3v) is 2.40. The minimum atomic E-state index is -0.611. The summed E-state index contributed by atoms with van der Waals surface area (Å²) in [5, 5.41) is -0.0435. The number of halogens is 2. The second-order valence-electron chi connectivity index (χ2n) is 2.99. The van der Waals surface area contributed by atoms with Crippen LogP contribution in [-0.4, -0.2) is 13.0 Å². The second kappa shape index (κ2) is 5.09. The molecule has 0 aromatic heterocycles. The standard InChI is InChI=1S/C10H11ClFNO2/c1-6(10(14)15-13-2)7-4-3-5-8(12)9(7)11/h3-6,13H,1-2H3. The molecular weight excluding hydrogens is 221 g/mol. The minimum Gasteiger partial charge on any atom is -0.370 e. The van der Waals surface area contributed by atoms with Crippen molar-refractivity contribution in [1.29, 1.82) is 0 Å². The average Bonchev–Trinajstić information content (AvgIpc) is 2.21. The number of hydrogen-bond donors (Lipinski definition) is 1. The van der Waals surface area contributed by atoms with E-state index >= 15 is 0 Å². The van der Waals surface area contributed by atoms with Crippen LogP contribution in [0.25, 0.3) is 0 Å². The highest BCUT2D eigenvalue weighted by Gasteiger charge is 2.20. The third kappa shape index (κ3) is 2.67. The van der Waals surface area contributed by atoms with Crippen molar-refractivity contribution in [2.75, 3.05) is 7.05 Å². The fourth-order valence-corrected chi connectivity index (χ4v) is 1.46. The maximum Gasteiger partial charge on any atom is 0.331 e. The molecular formula is C10H11ClFNO2. The van der Waals surface area contributed by atoms with Gasteiger partial charge in [-0.05, 0) is 18.6 Å². The molecule has 0 spiro atoms. The molecule has 0 saturated carbocycles. The van der Waals surface area contributed by atoms with Crippen LogP contribution in [0.15, 0.2) is 18.2 Å². The van der Waals surface area contributed by atoms with Gasteiger partial charge in [0.2, 0.25) is 0 Å². The van der Waals surface area contributed by atoms with Crippen LogP contribution in [0.2, 0.25) is 5.02 Å². The van der Waals surface area contributed by atoms with E-state index in [2.05, 4.69) is 10.3 Å². The van der Waals surface area contributed by atoms with E-state index in [9.17, 15) is 9.18 Å². The predicted octanol–water partition coefficient (Wildman–Crippen LogP) is 2.26. The Kier molecular flexibility index (Phi) is 4.05. The van der Waals surface area contributed by atoms with Crippen molar-refractivity contribution in [3.8, 4) is 0 Å². The van der Waals surface area contributed by atoms with Crippen LogP contribution in [0.5, 0.6) is 0 Å². The van der Waals surface area contributed by atoms with E-state index in [4.69, 9.17) is 11.6 Å². The van der Waals surface area contributed by atoms with Crippen LogP contribution in [0.3, 0.4) is 0 Å². The van der Waals surface area contributed by atoms with E-state index in [0.717, 1.165) is 0 Å². The number of benzene rings is 1. The van der Waals surface area contributed by atoms with Crippen molar-refractivity contribution in [2.45, 2.75) is 12.8 Å². The molecule has 1 unspecified atom stereocenters. The number of hydroxylamine groups is 1. The van der Waals surface area contributed by atoms with Crippen molar-refractivity contribution in [1.82, 2.24) is 5.48 Å². The summed E-state index contributed by atoms with van der Waals surface area (Å²) >= 11 is 5.73. The summed E-state index contributed by atoms with van der Waals surface area (Å²) in [5.74, 6) is -1.66. The summed E-state index contributed by atoms with van der Waals surface area (Å²) in [7, 11) is 1.47. The maximum atomic E-state index is 13.1. The zero-order valence-corrected chi connectivity index (χ0v) is 9.14. The largest absolute Gasteiger partial charge is 0.370 e. The van der Waals surface area contributed by atoms with Crippen LogP contribution in [-0.2, 0) is 9.63 Å². The van der Waals surface area contributed by atoms with Gasteiger partial charge in [-0.1, -0.05) is 23.7 Å². The molecule has 0 saturated heterocycles. The smallest absolute Gasteiger partial charge is 0.331 e. The first-order valence-corrected chi connectivity index (χ1v) is 4.77. The summed E-state index contributed by atoms with van der Waals surface area (Å²) in [6, 6.07) is 4.33. The zero-order valence-electron chi connectivity index (χ0n) is 8.38. The predicted molar refractivity (Wildman–Crippen MR) is 55.0 cm³/mol. The summed E-state index contributed by atoms with van der Waals surface area (Å²) in [6.45, 7) is 1.60. The van der Waals surface area contributed by atoms with Gasteiger partial charge in [-0.25, -0.2) is 9.18 Å². The Bertz CT molecular complexity index is 370. The highest BCUT2D eigenvalue weighted by Crippen LogP contribution is 2.27. The topological polar surface area (TPSA) is 38.3 Å². The van der Waals surface area contributed by atoms with Crippen molar-refractivity contribution < 1.29 is 14.0 Å². The average molecular weight is 232 g/mol. The van der Waals surface area contributed by atoms with Gasteiger partial charge in [-0.15, -0.1) is 0 Å². The molecule has 1 N–H and O–H groups in total. The number of carbonyl (C=O) groups excluding carboxylic acids is 1. The van der Waals surface area contributed by atoms with Crippen molar-refractivity contribution in [3.05, 3.63) is 34.6 Å². The molecule has 0 fully saturated rings. The van der Waals surface area contributed by atoms with Gasteiger partial charge >= 0.3 is 5.97 Å². The van der Waals surface area contributed by atoms with Gasteiger partial charge in [0.15, 0.2) is 0 Å². The molecule has 1 rings (SSSR count). The molecule has 0 aliphatic rings. The second-order valence-corrected chi connectivity index (χ2v) is 3.37. The van der Waals surface area contributed by atoms with Crippen LogP contribution in [0.4, 0.5) is 4.39 Å². The Labute approximate surface area is 92.1 Å². The quantitative estimate of drug-likeness (QED) is 0.811. The Hall–Kier alpha value is -1.13. The molecule has 0 heterocycles. The van der Waals surface area contributed by atoms with Crippen LogP contribution in [0, 0.1) is 5.82 Å². The first-order chi connectivity index (χ1) is 7.07. The summed E-state index contributed by atoms with van der Waals surface area (Å²) in [5.41, 5.74) is 2.68. The minimum absolute atomic E-state index is 0.0435. The third-order valence-electron chi connectivity index (χ3n) is 2.00. The van der Waals surface area contributed by atoms with E-state index in [1.807, 2.05) is 0 Å². The van der Waals surface area contributed by atoms with Crippen LogP contribution >= 0.6 is 11.6 Å². The highest BCUT2D eigenvalue weighted by molar-refractivity contribution is 6.31. The fraction of sp³-hybridized carbons (Fsp3) is 0.300. The summed E-state index contributed by atoms with van der Waals surface area (Å²) in [6.07, 6.45) is 0. The Morgan fingerprint density at radius 1 is 1.60 bits per heavy atom. The molecule has 0 amide bonds. The van der Waals surface area contributed by atoms with Gasteiger partial charge in [0.1, 0.15) is 5.82 Å². The lowest BCUT2D eigenvalue weighted by Crippen LogP contribution is -2.20. The Balaban J connectivity index is 2.96. The lowest BCUT2D eigenvalue weighted by Gasteiger charge is -2.12. The van der Waals surface area contributed by atoms with Gasteiger partial charge < -0.3 is 4.84 Å². The Morgan fingerprint density at radius 3 is 2.87 bits per heavy atom. The van der Waals surface area contributed by atoms with E-state index < -0.39 is 17.7 Å². The van der Waals surface area contributed by atoms with E-state index in [1.54, 1.807) is 13.0 Å². The van der Waals surface area contributed by atoms with Crippen molar-refractivity contribution >= 4 is 17.6 Å². The molecule has 0 aliphatic heterocycles. The molecule has 82 valence electrons. The SMILES string of the molecule is CNOC(=O)C(C)c1cccc(F)c1Cl. The van der Waals surface area contributed by atoms with E-state index in [0.29, 0.717) is 5.56 Å².